The van der Waals surface area contributed by atoms with Crippen LogP contribution in [-0.4, -0.2) is 36.2 Å². The number of likely N-dealkylation sites (tertiary alicyclic amines) is 1. The number of urea groups is 1. The lowest BCUT2D eigenvalue weighted by molar-refractivity contribution is -0.168. The van der Waals surface area contributed by atoms with E-state index in [1.54, 1.807) is 23.1 Å². The highest BCUT2D eigenvalue weighted by Gasteiger charge is 2.53. The van der Waals surface area contributed by atoms with Crippen molar-refractivity contribution in [1.29, 1.82) is 0 Å². The minimum absolute atomic E-state index is 0.116. The van der Waals surface area contributed by atoms with Crippen LogP contribution in [0.2, 0.25) is 0 Å². The van der Waals surface area contributed by atoms with Crippen LogP contribution in [0.25, 0.3) is 0 Å². The SMILES string of the molecule is O=C(Nc1ccccc1F)N1CCC12COC2. The van der Waals surface area contributed by atoms with Crippen LogP contribution in [0, 0.1) is 5.82 Å². The first-order valence-electron chi connectivity index (χ1n) is 5.62. The minimum atomic E-state index is -0.416. The zero-order chi connectivity index (χ0) is 11.9. The van der Waals surface area contributed by atoms with Crippen molar-refractivity contribution < 1.29 is 13.9 Å². The number of amides is 2. The number of hydrogen-bond acceptors (Lipinski definition) is 2. The molecular weight excluding hydrogens is 223 g/mol. The topological polar surface area (TPSA) is 41.6 Å². The average Bonchev–Trinajstić information content (AvgIpc) is 2.17. The van der Waals surface area contributed by atoms with Crippen molar-refractivity contribution in [2.75, 3.05) is 25.1 Å². The van der Waals surface area contributed by atoms with Crippen LogP contribution in [0.15, 0.2) is 24.3 Å². The number of ether oxygens (including phenoxy) is 1. The third-order valence-corrected chi connectivity index (χ3v) is 3.48. The maximum atomic E-state index is 13.4. The Labute approximate surface area is 98.4 Å². The van der Waals surface area contributed by atoms with Crippen molar-refractivity contribution in [3.05, 3.63) is 30.1 Å². The molecule has 4 nitrogen and oxygen atoms in total. The summed E-state index contributed by atoms with van der Waals surface area (Å²) in [6, 6.07) is 5.92. The molecule has 17 heavy (non-hydrogen) atoms. The molecule has 0 aromatic heterocycles. The summed E-state index contributed by atoms with van der Waals surface area (Å²) in [5, 5.41) is 2.59. The van der Waals surface area contributed by atoms with Gasteiger partial charge in [-0.15, -0.1) is 0 Å². The Bertz CT molecular complexity index is 454. The van der Waals surface area contributed by atoms with Gasteiger partial charge in [-0.05, 0) is 18.6 Å². The summed E-state index contributed by atoms with van der Waals surface area (Å²) in [6.45, 7) is 1.90. The third kappa shape index (κ3) is 1.58. The smallest absolute Gasteiger partial charge is 0.322 e. The molecule has 3 rings (SSSR count). The van der Waals surface area contributed by atoms with Crippen molar-refractivity contribution in [3.8, 4) is 0 Å². The van der Waals surface area contributed by atoms with E-state index in [2.05, 4.69) is 5.32 Å². The largest absolute Gasteiger partial charge is 0.376 e. The van der Waals surface area contributed by atoms with Crippen molar-refractivity contribution >= 4 is 11.7 Å². The van der Waals surface area contributed by atoms with Crippen LogP contribution in [0.3, 0.4) is 0 Å². The van der Waals surface area contributed by atoms with Crippen LogP contribution < -0.4 is 5.32 Å². The van der Waals surface area contributed by atoms with E-state index in [-0.39, 0.29) is 17.3 Å². The Balaban J connectivity index is 1.70. The molecular formula is C12H13FN2O2. The van der Waals surface area contributed by atoms with E-state index in [9.17, 15) is 9.18 Å². The molecule has 0 atom stereocenters. The zero-order valence-electron chi connectivity index (χ0n) is 9.28. The first-order chi connectivity index (χ1) is 8.21. The second-order valence-electron chi connectivity index (χ2n) is 4.53. The molecule has 1 aromatic rings. The molecule has 0 radical (unpaired) electrons. The summed E-state index contributed by atoms with van der Waals surface area (Å²) in [5.41, 5.74) is 0.106. The van der Waals surface area contributed by atoms with E-state index < -0.39 is 5.82 Å². The molecule has 2 fully saturated rings. The summed E-state index contributed by atoms with van der Waals surface area (Å²) in [4.78, 5) is 13.7. The van der Waals surface area contributed by atoms with Crippen LogP contribution >= 0.6 is 0 Å². The first kappa shape index (κ1) is 10.5. The van der Waals surface area contributed by atoms with Gasteiger partial charge in [0.2, 0.25) is 0 Å². The lowest BCUT2D eigenvalue weighted by Crippen LogP contribution is -2.72. The van der Waals surface area contributed by atoms with E-state index in [1.165, 1.54) is 6.07 Å². The number of nitrogens with zero attached hydrogens (tertiary/aromatic N) is 1. The Kier molecular flexibility index (Phi) is 2.29. The van der Waals surface area contributed by atoms with Gasteiger partial charge in [0.05, 0.1) is 24.4 Å². The summed E-state index contributed by atoms with van der Waals surface area (Å²) in [7, 11) is 0. The van der Waals surface area contributed by atoms with Crippen molar-refractivity contribution in [2.45, 2.75) is 12.0 Å². The highest BCUT2D eigenvalue weighted by atomic mass is 19.1. The van der Waals surface area contributed by atoms with Crippen LogP contribution in [-0.2, 0) is 4.74 Å². The summed E-state index contributed by atoms with van der Waals surface area (Å²) in [6.07, 6.45) is 0.970. The molecule has 2 aliphatic rings. The van der Waals surface area contributed by atoms with Crippen molar-refractivity contribution in [1.82, 2.24) is 4.90 Å². The fourth-order valence-corrected chi connectivity index (χ4v) is 2.24. The molecule has 2 amide bonds. The number of nitrogens with one attached hydrogen (secondary N) is 1. The molecule has 1 N–H and O–H groups in total. The van der Waals surface area contributed by atoms with E-state index in [4.69, 9.17) is 4.74 Å². The van der Waals surface area contributed by atoms with Crippen molar-refractivity contribution in [3.63, 3.8) is 0 Å². The Hall–Kier alpha value is -1.62. The highest BCUT2D eigenvalue weighted by molar-refractivity contribution is 5.90. The fraction of sp³-hybridized carbons (Fsp3) is 0.417. The molecule has 90 valence electrons. The van der Waals surface area contributed by atoms with Gasteiger partial charge < -0.3 is 15.0 Å². The van der Waals surface area contributed by atoms with Gasteiger partial charge in [-0.3, -0.25) is 0 Å². The van der Waals surface area contributed by atoms with E-state index >= 15 is 0 Å². The summed E-state index contributed by atoms with van der Waals surface area (Å²) >= 11 is 0. The maximum absolute atomic E-state index is 13.4. The fourth-order valence-electron chi connectivity index (χ4n) is 2.24. The second-order valence-corrected chi connectivity index (χ2v) is 4.53. The van der Waals surface area contributed by atoms with Gasteiger partial charge in [0.1, 0.15) is 5.82 Å². The van der Waals surface area contributed by atoms with Crippen LogP contribution in [0.5, 0.6) is 0 Å². The number of carbonyl (C=O) groups is 1. The molecule has 2 heterocycles. The van der Waals surface area contributed by atoms with Gasteiger partial charge in [0.15, 0.2) is 0 Å². The highest BCUT2D eigenvalue weighted by Crippen LogP contribution is 2.37. The van der Waals surface area contributed by atoms with Gasteiger partial charge in [-0.25, -0.2) is 9.18 Å². The molecule has 2 aliphatic heterocycles. The van der Waals surface area contributed by atoms with Gasteiger partial charge in [0.25, 0.3) is 0 Å². The van der Waals surface area contributed by atoms with Crippen molar-refractivity contribution in [2.24, 2.45) is 0 Å². The minimum Gasteiger partial charge on any atom is -0.376 e. The molecule has 0 aliphatic carbocycles. The number of para-hydroxylation sites is 1. The third-order valence-electron chi connectivity index (χ3n) is 3.48. The van der Waals surface area contributed by atoms with E-state index in [0.717, 1.165) is 6.42 Å². The zero-order valence-corrected chi connectivity index (χ0v) is 9.28. The van der Waals surface area contributed by atoms with Gasteiger partial charge in [0, 0.05) is 6.54 Å². The normalized spacial score (nSPS) is 20.6. The van der Waals surface area contributed by atoms with Crippen LogP contribution in [0.1, 0.15) is 6.42 Å². The molecule has 0 unspecified atom stereocenters. The lowest BCUT2D eigenvalue weighted by Gasteiger charge is -2.57. The Morgan fingerprint density at radius 2 is 2.18 bits per heavy atom. The quantitative estimate of drug-likeness (QED) is 0.808. The molecule has 2 saturated heterocycles. The molecule has 0 saturated carbocycles. The predicted octanol–water partition coefficient (Wildman–Crippen LogP) is 1.83. The predicted molar refractivity (Wildman–Crippen MR) is 60.3 cm³/mol. The number of anilines is 1. The molecule has 1 aromatic carbocycles. The van der Waals surface area contributed by atoms with Gasteiger partial charge in [-0.1, -0.05) is 12.1 Å². The number of halogens is 1. The molecule has 0 bridgehead atoms. The van der Waals surface area contributed by atoms with Gasteiger partial charge in [-0.2, -0.15) is 0 Å². The Morgan fingerprint density at radius 1 is 1.41 bits per heavy atom. The maximum Gasteiger partial charge on any atom is 0.322 e. The van der Waals surface area contributed by atoms with Crippen LogP contribution in [0.4, 0.5) is 14.9 Å². The van der Waals surface area contributed by atoms with E-state index in [0.29, 0.717) is 19.8 Å². The molecule has 1 spiro atoms. The number of benzene rings is 1. The number of carbonyl (C=O) groups excluding carboxylic acids is 1. The standard InChI is InChI=1S/C12H13FN2O2/c13-9-3-1-2-4-10(9)14-11(16)15-6-5-12(15)7-17-8-12/h1-4H,5-8H2,(H,14,16). The second kappa shape index (κ2) is 3.70. The lowest BCUT2D eigenvalue weighted by atomic mass is 9.83. The number of rotatable bonds is 1. The van der Waals surface area contributed by atoms with E-state index in [1.807, 2.05) is 0 Å². The first-order valence-corrected chi connectivity index (χ1v) is 5.62. The summed E-state index contributed by atoms with van der Waals surface area (Å²) < 4.78 is 18.5. The summed E-state index contributed by atoms with van der Waals surface area (Å²) in [5.74, 6) is -0.416. The van der Waals surface area contributed by atoms with Gasteiger partial charge >= 0.3 is 6.03 Å². The number of hydrogen-bond donors (Lipinski definition) is 1. The molecule has 5 heteroatoms. The average molecular weight is 236 g/mol. The monoisotopic (exact) mass is 236 g/mol. The Morgan fingerprint density at radius 3 is 2.71 bits per heavy atom.